The molecule has 1 N–H and O–H groups in total. The average Bonchev–Trinajstić information content (AvgIpc) is 2.46. The number of hydrogen-bond acceptors (Lipinski definition) is 5. The van der Waals surface area contributed by atoms with Crippen molar-refractivity contribution in [2.45, 2.75) is 12.2 Å². The fourth-order valence-corrected chi connectivity index (χ4v) is 4.73. The van der Waals surface area contributed by atoms with Gasteiger partial charge in [-0.2, -0.15) is 23.5 Å². The highest BCUT2D eigenvalue weighted by Gasteiger charge is 2.14. The first-order valence-corrected chi connectivity index (χ1v) is 8.70. The maximum absolute atomic E-state index is 4.67. The number of aryl methyl sites for hydroxylation is 1. The van der Waals surface area contributed by atoms with E-state index in [0.29, 0.717) is 5.25 Å². The van der Waals surface area contributed by atoms with Gasteiger partial charge in [-0.15, -0.1) is 0 Å². The quantitative estimate of drug-likeness (QED) is 0.940. The van der Waals surface area contributed by atoms with Gasteiger partial charge in [-0.3, -0.25) is 0 Å². The molecule has 3 nitrogen and oxygen atoms in total. The number of nitrogens with one attached hydrogen (secondary N) is 1. The number of thioether (sulfide) groups is 2. The van der Waals surface area contributed by atoms with Crippen LogP contribution in [-0.4, -0.2) is 39.0 Å². The predicted molar refractivity (Wildman–Crippen MR) is 86.3 cm³/mol. The summed E-state index contributed by atoms with van der Waals surface area (Å²) in [5.41, 5.74) is 2.90. The van der Waals surface area contributed by atoms with Crippen molar-refractivity contribution < 1.29 is 0 Å². The normalized spacial score (nSPS) is 19.5. The van der Waals surface area contributed by atoms with E-state index in [1.807, 2.05) is 43.0 Å². The minimum atomic E-state index is 0.687. The van der Waals surface area contributed by atoms with Gasteiger partial charge in [0.2, 0.25) is 0 Å². The van der Waals surface area contributed by atoms with Gasteiger partial charge in [-0.1, -0.05) is 12.1 Å². The molecule has 1 aromatic heterocycles. The van der Waals surface area contributed by atoms with Gasteiger partial charge in [0.15, 0.2) is 0 Å². The van der Waals surface area contributed by atoms with Gasteiger partial charge in [0.25, 0.3) is 0 Å². The van der Waals surface area contributed by atoms with Crippen LogP contribution in [0.5, 0.6) is 0 Å². The monoisotopic (exact) mass is 291 g/mol. The Hall–Kier alpha value is -0.940. The van der Waals surface area contributed by atoms with Crippen molar-refractivity contribution in [3.05, 3.63) is 30.0 Å². The molecule has 1 saturated heterocycles. The van der Waals surface area contributed by atoms with Gasteiger partial charge in [-0.05, 0) is 19.1 Å². The second-order valence-electron chi connectivity index (χ2n) is 4.59. The van der Waals surface area contributed by atoms with Gasteiger partial charge >= 0.3 is 0 Å². The van der Waals surface area contributed by atoms with E-state index in [9.17, 15) is 0 Å². The maximum Gasteiger partial charge on any atom is 0.148 e. The van der Waals surface area contributed by atoms with Crippen molar-refractivity contribution in [1.82, 2.24) is 9.97 Å². The SMILES string of the molecule is Cc1nc2ccccc2nc1NCC1CSCCS1. The summed E-state index contributed by atoms with van der Waals surface area (Å²) in [5, 5.41) is 4.15. The highest BCUT2D eigenvalue weighted by molar-refractivity contribution is 8.06. The van der Waals surface area contributed by atoms with Crippen molar-refractivity contribution in [3.8, 4) is 0 Å². The number of fused-ring (bicyclic) bond motifs is 1. The Morgan fingerprint density at radius 3 is 2.74 bits per heavy atom. The molecule has 3 rings (SSSR count). The van der Waals surface area contributed by atoms with Crippen LogP contribution in [0.15, 0.2) is 24.3 Å². The standard InChI is InChI=1S/C14H17N3S2/c1-10-14(15-8-11-9-18-6-7-19-11)17-13-5-3-2-4-12(13)16-10/h2-5,11H,6-9H2,1H3,(H,15,17). The molecule has 0 spiro atoms. The van der Waals surface area contributed by atoms with E-state index in [1.165, 1.54) is 17.3 Å². The van der Waals surface area contributed by atoms with Gasteiger partial charge in [-0.25, -0.2) is 9.97 Å². The molecule has 1 aliphatic rings. The maximum atomic E-state index is 4.67. The number of benzene rings is 1. The van der Waals surface area contributed by atoms with E-state index < -0.39 is 0 Å². The second kappa shape index (κ2) is 6.01. The molecule has 0 amide bonds. The van der Waals surface area contributed by atoms with Crippen molar-refractivity contribution in [3.63, 3.8) is 0 Å². The zero-order valence-electron chi connectivity index (χ0n) is 10.9. The number of nitrogens with zero attached hydrogens (tertiary/aromatic N) is 2. The first-order valence-electron chi connectivity index (χ1n) is 6.49. The Morgan fingerprint density at radius 2 is 2.00 bits per heavy atom. The topological polar surface area (TPSA) is 37.8 Å². The molecule has 1 fully saturated rings. The molecule has 1 atom stereocenters. The molecule has 19 heavy (non-hydrogen) atoms. The Kier molecular flexibility index (Phi) is 4.13. The van der Waals surface area contributed by atoms with Gasteiger partial charge in [0, 0.05) is 29.1 Å². The highest BCUT2D eigenvalue weighted by Crippen LogP contribution is 2.24. The van der Waals surface area contributed by atoms with Crippen molar-refractivity contribution in [2.75, 3.05) is 29.1 Å². The first kappa shape index (κ1) is 13.1. The van der Waals surface area contributed by atoms with E-state index in [4.69, 9.17) is 0 Å². The van der Waals surface area contributed by atoms with E-state index in [0.717, 1.165) is 29.1 Å². The third-order valence-electron chi connectivity index (χ3n) is 3.13. The van der Waals surface area contributed by atoms with Crippen LogP contribution in [0.1, 0.15) is 5.69 Å². The number of para-hydroxylation sites is 2. The minimum Gasteiger partial charge on any atom is -0.367 e. The predicted octanol–water partition coefficient (Wildman–Crippen LogP) is 3.20. The van der Waals surface area contributed by atoms with Crippen LogP contribution in [0.2, 0.25) is 0 Å². The summed E-state index contributed by atoms with van der Waals surface area (Å²) in [4.78, 5) is 9.27. The van der Waals surface area contributed by atoms with Crippen LogP contribution in [0.4, 0.5) is 5.82 Å². The van der Waals surface area contributed by atoms with E-state index in [-0.39, 0.29) is 0 Å². The average molecular weight is 291 g/mol. The Labute approximate surface area is 122 Å². The lowest BCUT2D eigenvalue weighted by Crippen LogP contribution is -2.24. The molecule has 0 bridgehead atoms. The van der Waals surface area contributed by atoms with Crippen molar-refractivity contribution >= 4 is 40.4 Å². The molecule has 2 aromatic rings. The molecule has 1 aliphatic heterocycles. The summed E-state index contributed by atoms with van der Waals surface area (Å²) in [7, 11) is 0. The minimum absolute atomic E-state index is 0.687. The Morgan fingerprint density at radius 1 is 1.21 bits per heavy atom. The smallest absolute Gasteiger partial charge is 0.148 e. The molecule has 1 unspecified atom stereocenters. The fraction of sp³-hybridized carbons (Fsp3) is 0.429. The molecule has 5 heteroatoms. The van der Waals surface area contributed by atoms with Crippen LogP contribution in [0, 0.1) is 6.92 Å². The van der Waals surface area contributed by atoms with Gasteiger partial charge in [0.05, 0.1) is 16.7 Å². The summed E-state index contributed by atoms with van der Waals surface area (Å²) in [5.74, 6) is 4.71. The summed E-state index contributed by atoms with van der Waals surface area (Å²) in [6.07, 6.45) is 0. The number of rotatable bonds is 3. The molecule has 0 saturated carbocycles. The third kappa shape index (κ3) is 3.15. The van der Waals surface area contributed by atoms with E-state index >= 15 is 0 Å². The zero-order chi connectivity index (χ0) is 13.1. The molecule has 100 valence electrons. The molecule has 2 heterocycles. The van der Waals surface area contributed by atoms with Crippen LogP contribution in [0.3, 0.4) is 0 Å². The number of aromatic nitrogens is 2. The number of anilines is 1. The van der Waals surface area contributed by atoms with Crippen LogP contribution in [-0.2, 0) is 0 Å². The van der Waals surface area contributed by atoms with Crippen molar-refractivity contribution in [2.24, 2.45) is 0 Å². The fourth-order valence-electron chi connectivity index (χ4n) is 2.12. The van der Waals surface area contributed by atoms with E-state index in [1.54, 1.807) is 0 Å². The van der Waals surface area contributed by atoms with Crippen LogP contribution in [0.25, 0.3) is 11.0 Å². The summed E-state index contributed by atoms with van der Waals surface area (Å²) in [6, 6.07) is 8.02. The molecule has 0 aliphatic carbocycles. The lowest BCUT2D eigenvalue weighted by Gasteiger charge is -2.21. The second-order valence-corrected chi connectivity index (χ2v) is 7.15. The number of hydrogen-bond donors (Lipinski definition) is 1. The Balaban J connectivity index is 1.74. The molecule has 0 radical (unpaired) electrons. The lowest BCUT2D eigenvalue weighted by molar-refractivity contribution is 0.985. The van der Waals surface area contributed by atoms with Crippen LogP contribution < -0.4 is 5.32 Å². The molecule has 1 aromatic carbocycles. The van der Waals surface area contributed by atoms with Crippen LogP contribution >= 0.6 is 23.5 Å². The summed E-state index contributed by atoms with van der Waals surface area (Å²) in [6.45, 7) is 3.00. The zero-order valence-corrected chi connectivity index (χ0v) is 12.6. The largest absolute Gasteiger partial charge is 0.367 e. The first-order chi connectivity index (χ1) is 9.33. The molecular weight excluding hydrogens is 274 g/mol. The van der Waals surface area contributed by atoms with E-state index in [2.05, 4.69) is 27.0 Å². The molecular formula is C14H17N3S2. The summed E-state index contributed by atoms with van der Waals surface area (Å²) < 4.78 is 0. The van der Waals surface area contributed by atoms with Crippen molar-refractivity contribution in [1.29, 1.82) is 0 Å². The highest BCUT2D eigenvalue weighted by atomic mass is 32.2. The van der Waals surface area contributed by atoms with Gasteiger partial charge in [0.1, 0.15) is 5.82 Å². The van der Waals surface area contributed by atoms with Gasteiger partial charge < -0.3 is 5.32 Å². The lowest BCUT2D eigenvalue weighted by atomic mass is 10.3. The Bertz CT molecular complexity index is 568. The summed E-state index contributed by atoms with van der Waals surface area (Å²) >= 11 is 4.11. The third-order valence-corrected chi connectivity index (χ3v) is 5.97.